The molecule has 322 valence electrons. The molecule has 0 fully saturated rings. The van der Waals surface area contributed by atoms with Crippen molar-refractivity contribution in [3.63, 3.8) is 0 Å². The van der Waals surface area contributed by atoms with E-state index >= 15 is 0 Å². The normalized spacial score (nSPS) is 13.8. The van der Waals surface area contributed by atoms with E-state index in [4.69, 9.17) is 15.0 Å². The van der Waals surface area contributed by atoms with Crippen molar-refractivity contribution in [3.05, 3.63) is 152 Å². The second-order valence-electron chi connectivity index (χ2n) is 16.6. The van der Waals surface area contributed by atoms with Gasteiger partial charge >= 0.3 is 0 Å². The number of hydrogen-bond donors (Lipinski definition) is 4. The molecule has 4 N–H and O–H groups in total. The van der Waals surface area contributed by atoms with E-state index in [-0.39, 0.29) is 5.78 Å². The van der Waals surface area contributed by atoms with Crippen molar-refractivity contribution < 1.29 is 4.79 Å². The predicted octanol–water partition coefficient (Wildman–Crippen LogP) is 8.86. The number of H-pyrrole nitrogens is 1. The molecule has 3 aromatic carbocycles. The van der Waals surface area contributed by atoms with Crippen LogP contribution in [0.1, 0.15) is 17.4 Å². The minimum atomic E-state index is -0.536. The predicted molar refractivity (Wildman–Crippen MR) is 255 cm³/mol. The summed E-state index contributed by atoms with van der Waals surface area (Å²) in [7, 11) is 12.1. The SMILES string of the molecule is Cn1cccc1-c1nc2cc(C3NC(c4ncc(Nc5cccc(-c6cccc(Nc7ccc(-c8ccc(-c9cnc(-c%10cncn%10C)n9C)n8C)n7C)c6)c5)n4C)=CC3=O)ccc2[nH]1. The summed E-state index contributed by atoms with van der Waals surface area (Å²) in [5.74, 6) is 4.03. The fourth-order valence-electron chi connectivity index (χ4n) is 8.90. The highest BCUT2D eigenvalue weighted by atomic mass is 16.1. The summed E-state index contributed by atoms with van der Waals surface area (Å²) in [6, 6.07) is 34.7. The van der Waals surface area contributed by atoms with E-state index in [0.29, 0.717) is 11.5 Å². The van der Waals surface area contributed by atoms with E-state index < -0.39 is 6.04 Å². The van der Waals surface area contributed by atoms with E-state index in [9.17, 15) is 4.79 Å². The third-order valence-electron chi connectivity index (χ3n) is 12.5. The Hall–Kier alpha value is -8.59. The van der Waals surface area contributed by atoms with Gasteiger partial charge in [-0.2, -0.15) is 0 Å². The minimum Gasteiger partial charge on any atom is -0.368 e. The molecule has 65 heavy (non-hydrogen) atoms. The topological polar surface area (TPSA) is 150 Å². The van der Waals surface area contributed by atoms with Gasteiger partial charge in [-0.15, -0.1) is 0 Å². The fraction of sp³-hybridized carbons (Fsp3) is 0.140. The van der Waals surface area contributed by atoms with E-state index in [1.54, 1.807) is 18.6 Å². The van der Waals surface area contributed by atoms with Crippen LogP contribution < -0.4 is 16.0 Å². The third-order valence-corrected chi connectivity index (χ3v) is 12.5. The number of aryl methyl sites for hydroxylation is 2. The summed E-state index contributed by atoms with van der Waals surface area (Å²) in [6.07, 6.45) is 11.0. The Labute approximate surface area is 374 Å². The fourth-order valence-corrected chi connectivity index (χ4v) is 8.90. The molecule has 1 aliphatic rings. The van der Waals surface area contributed by atoms with Gasteiger partial charge in [-0.3, -0.25) is 4.79 Å². The number of ketones is 1. The van der Waals surface area contributed by atoms with Crippen LogP contribution >= 0.6 is 0 Å². The van der Waals surface area contributed by atoms with Crippen LogP contribution in [-0.4, -0.2) is 58.1 Å². The maximum Gasteiger partial charge on any atom is 0.184 e. The summed E-state index contributed by atoms with van der Waals surface area (Å²) in [5.41, 5.74) is 13.5. The van der Waals surface area contributed by atoms with E-state index in [1.165, 1.54) is 0 Å². The van der Waals surface area contributed by atoms with Crippen LogP contribution in [-0.2, 0) is 47.1 Å². The number of carbonyl (C=O) groups excluding carboxylic acids is 1. The molecule has 15 nitrogen and oxygen atoms in total. The van der Waals surface area contributed by atoms with E-state index in [0.717, 1.165) is 96.5 Å². The second-order valence-corrected chi connectivity index (χ2v) is 16.6. The highest BCUT2D eigenvalue weighted by molar-refractivity contribution is 6.05. The molecule has 1 aliphatic heterocycles. The van der Waals surface area contributed by atoms with Crippen LogP contribution in [0.15, 0.2) is 140 Å². The van der Waals surface area contributed by atoms with Gasteiger partial charge in [0.25, 0.3) is 0 Å². The largest absolute Gasteiger partial charge is 0.368 e. The number of nitrogens with zero attached hydrogens (tertiary/aromatic N) is 10. The molecule has 0 spiro atoms. The Morgan fingerprint density at radius 1 is 0.585 bits per heavy atom. The lowest BCUT2D eigenvalue weighted by molar-refractivity contribution is -0.115. The molecule has 10 aromatic rings. The van der Waals surface area contributed by atoms with Crippen molar-refractivity contribution in [2.45, 2.75) is 6.04 Å². The molecule has 0 radical (unpaired) electrons. The maximum absolute atomic E-state index is 13.4. The lowest BCUT2D eigenvalue weighted by atomic mass is 10.0. The standard InChI is InChI=1S/C50H46N14O/c1-59-21-9-14-41(59)48-57-35-16-15-32(24-36(35)58-48)47-44(65)25-37(56-47)49-53-28-46(64(49)6)55-34-13-8-11-31(23-34)30-10-7-12-33(22-30)54-45-20-19-39(62(45)4)38-17-18-40(61(38)3)42-27-52-50(63(42)5)43-26-51-29-60(43)2/h7-29,47,54-56H,1-6H3,(H,57,58). The number of anilines is 4. The maximum atomic E-state index is 13.4. The smallest absolute Gasteiger partial charge is 0.184 e. The lowest BCUT2D eigenvalue weighted by Gasteiger charge is -2.14. The van der Waals surface area contributed by atoms with Crippen LogP contribution in [0.3, 0.4) is 0 Å². The van der Waals surface area contributed by atoms with Gasteiger partial charge in [0.1, 0.15) is 23.4 Å². The Balaban J connectivity index is 0.772. The number of aromatic amines is 1. The van der Waals surface area contributed by atoms with E-state index in [2.05, 4.69) is 114 Å². The van der Waals surface area contributed by atoms with Gasteiger partial charge in [-0.1, -0.05) is 30.3 Å². The van der Waals surface area contributed by atoms with Crippen LogP contribution in [0, 0.1) is 0 Å². The van der Waals surface area contributed by atoms with Crippen LogP contribution in [0.4, 0.5) is 23.0 Å². The van der Waals surface area contributed by atoms with Gasteiger partial charge < -0.3 is 48.3 Å². The quantitative estimate of drug-likeness (QED) is 0.101. The molecule has 15 heteroatoms. The summed E-state index contributed by atoms with van der Waals surface area (Å²) < 4.78 is 12.5. The van der Waals surface area contributed by atoms with Gasteiger partial charge in [0.2, 0.25) is 0 Å². The molecule has 1 unspecified atom stereocenters. The average molecular weight is 859 g/mol. The number of nitrogens with one attached hydrogen (secondary N) is 4. The monoisotopic (exact) mass is 858 g/mol. The van der Waals surface area contributed by atoms with Crippen LogP contribution in [0.5, 0.6) is 0 Å². The van der Waals surface area contributed by atoms with Gasteiger partial charge in [0.15, 0.2) is 23.3 Å². The first-order chi connectivity index (χ1) is 31.6. The minimum absolute atomic E-state index is 0.0326. The molecule has 0 amide bonds. The van der Waals surface area contributed by atoms with Crippen molar-refractivity contribution in [1.29, 1.82) is 0 Å². The molecule has 0 saturated heterocycles. The first kappa shape index (κ1) is 39.3. The van der Waals surface area contributed by atoms with Gasteiger partial charge in [-0.05, 0) is 89.5 Å². The molecule has 0 aliphatic carbocycles. The van der Waals surface area contributed by atoms with Crippen LogP contribution in [0.2, 0.25) is 0 Å². The number of fused-ring (bicyclic) bond motifs is 1. The first-order valence-electron chi connectivity index (χ1n) is 21.3. The molecular formula is C50H46N14O. The molecular weight excluding hydrogens is 813 g/mol. The Morgan fingerprint density at radius 3 is 2.02 bits per heavy atom. The van der Waals surface area contributed by atoms with Crippen molar-refractivity contribution in [2.75, 3.05) is 10.6 Å². The molecule has 7 aromatic heterocycles. The molecule has 8 heterocycles. The number of benzene rings is 3. The van der Waals surface area contributed by atoms with Crippen molar-refractivity contribution in [3.8, 4) is 56.9 Å². The first-order valence-corrected chi connectivity index (χ1v) is 21.3. The summed E-state index contributed by atoms with van der Waals surface area (Å²) in [5, 5.41) is 10.6. The number of carbonyl (C=O) groups is 1. The van der Waals surface area contributed by atoms with E-state index in [1.807, 2.05) is 103 Å². The number of rotatable bonds is 11. The zero-order valence-electron chi connectivity index (χ0n) is 36.7. The summed E-state index contributed by atoms with van der Waals surface area (Å²) >= 11 is 0. The zero-order valence-corrected chi connectivity index (χ0v) is 36.7. The Morgan fingerprint density at radius 2 is 1.29 bits per heavy atom. The van der Waals surface area contributed by atoms with Crippen molar-refractivity contribution in [1.82, 2.24) is 57.6 Å². The van der Waals surface area contributed by atoms with Crippen molar-refractivity contribution in [2.24, 2.45) is 42.3 Å². The highest BCUT2D eigenvalue weighted by Crippen LogP contribution is 2.35. The summed E-state index contributed by atoms with van der Waals surface area (Å²) in [6.45, 7) is 0. The Bertz CT molecular complexity index is 3490. The number of aromatic nitrogens is 11. The summed E-state index contributed by atoms with van der Waals surface area (Å²) in [4.78, 5) is 35.3. The van der Waals surface area contributed by atoms with Crippen molar-refractivity contribution >= 4 is 45.5 Å². The van der Waals surface area contributed by atoms with Gasteiger partial charge in [0, 0.05) is 65.9 Å². The second kappa shape index (κ2) is 15.3. The zero-order chi connectivity index (χ0) is 44.5. The molecule has 11 rings (SSSR count). The molecule has 0 saturated carbocycles. The lowest BCUT2D eigenvalue weighted by Crippen LogP contribution is -2.20. The Kier molecular flexibility index (Phi) is 9.27. The number of imidazole rings is 4. The highest BCUT2D eigenvalue weighted by Gasteiger charge is 2.29. The van der Waals surface area contributed by atoms with Crippen LogP contribution in [0.25, 0.3) is 73.7 Å². The van der Waals surface area contributed by atoms with Gasteiger partial charge in [0.05, 0.1) is 70.1 Å². The molecule has 1 atom stereocenters. The third kappa shape index (κ3) is 6.80. The number of hydrogen-bond acceptors (Lipinski definition) is 8. The molecule has 0 bridgehead atoms. The van der Waals surface area contributed by atoms with Gasteiger partial charge in [-0.25, -0.2) is 19.9 Å². The average Bonchev–Trinajstić information content (AvgIpc) is 4.19.